The van der Waals surface area contributed by atoms with Gasteiger partial charge in [0.15, 0.2) is 6.23 Å². The lowest BCUT2D eigenvalue weighted by Gasteiger charge is -2.40. The second kappa shape index (κ2) is 5.85. The van der Waals surface area contributed by atoms with Crippen molar-refractivity contribution in [2.75, 3.05) is 11.9 Å². The molecule has 1 aliphatic rings. The van der Waals surface area contributed by atoms with Gasteiger partial charge in [-0.3, -0.25) is 0 Å². The number of ether oxygens (including phenoxy) is 1. The smallest absolute Gasteiger partial charge is 0.157 e. The molecule has 0 unspecified atom stereocenters. The van der Waals surface area contributed by atoms with Crippen molar-refractivity contribution in [2.24, 2.45) is 0 Å². The Morgan fingerprint density at radius 1 is 1.05 bits per heavy atom. The van der Waals surface area contributed by atoms with Crippen molar-refractivity contribution in [3.63, 3.8) is 0 Å². The van der Waals surface area contributed by atoms with E-state index < -0.39 is 37.3 Å². The Morgan fingerprint density at radius 3 is 2.26 bits per heavy atom. The van der Waals surface area contributed by atoms with Gasteiger partial charge in [0.2, 0.25) is 0 Å². The van der Waals surface area contributed by atoms with Gasteiger partial charge in [-0.25, -0.2) is 0 Å². The minimum absolute atomic E-state index is 0.434. The molecule has 0 bridgehead atoms. The third-order valence-corrected chi connectivity index (χ3v) is 3.25. The summed E-state index contributed by atoms with van der Waals surface area (Å²) in [7, 11) is 0. The molecule has 106 valence electrons. The Labute approximate surface area is 111 Å². The molecule has 1 fully saturated rings. The number of anilines is 1. The molecule has 1 saturated heterocycles. The minimum Gasteiger partial charge on any atom is -0.394 e. The maximum absolute atomic E-state index is 9.86. The van der Waals surface area contributed by atoms with Gasteiger partial charge in [-0.1, -0.05) is 17.7 Å². The van der Waals surface area contributed by atoms with Crippen molar-refractivity contribution in [3.8, 4) is 0 Å². The van der Waals surface area contributed by atoms with Crippen LogP contribution in [0.2, 0.25) is 0 Å². The summed E-state index contributed by atoms with van der Waals surface area (Å²) in [5.41, 5.74) is 1.81. The summed E-state index contributed by atoms with van der Waals surface area (Å²) < 4.78 is 5.34. The van der Waals surface area contributed by atoms with Crippen LogP contribution in [0.1, 0.15) is 5.56 Å². The molecule has 1 heterocycles. The Balaban J connectivity index is 2.08. The van der Waals surface area contributed by atoms with E-state index in [-0.39, 0.29) is 0 Å². The van der Waals surface area contributed by atoms with Crippen LogP contribution in [0.5, 0.6) is 0 Å². The first kappa shape index (κ1) is 14.2. The summed E-state index contributed by atoms with van der Waals surface area (Å²) in [6.45, 7) is 1.52. The van der Waals surface area contributed by atoms with Crippen LogP contribution in [0.4, 0.5) is 5.69 Å². The first-order chi connectivity index (χ1) is 9.02. The first-order valence-electron chi connectivity index (χ1n) is 6.16. The molecule has 0 radical (unpaired) electrons. The van der Waals surface area contributed by atoms with Crippen molar-refractivity contribution < 1.29 is 25.2 Å². The van der Waals surface area contributed by atoms with Crippen LogP contribution < -0.4 is 5.32 Å². The van der Waals surface area contributed by atoms with Gasteiger partial charge in [-0.05, 0) is 19.1 Å². The van der Waals surface area contributed by atoms with Gasteiger partial charge >= 0.3 is 0 Å². The predicted molar refractivity (Wildman–Crippen MR) is 68.6 cm³/mol. The van der Waals surface area contributed by atoms with Crippen LogP contribution in [-0.2, 0) is 4.74 Å². The molecule has 1 aliphatic heterocycles. The van der Waals surface area contributed by atoms with E-state index in [2.05, 4.69) is 5.32 Å². The zero-order chi connectivity index (χ0) is 14.0. The number of hydrogen-bond acceptors (Lipinski definition) is 6. The highest BCUT2D eigenvalue weighted by Gasteiger charge is 2.43. The van der Waals surface area contributed by atoms with Crippen LogP contribution in [-0.4, -0.2) is 57.7 Å². The molecule has 0 spiro atoms. The quantitative estimate of drug-likeness (QED) is 0.493. The number of nitrogens with one attached hydrogen (secondary N) is 1. The summed E-state index contributed by atoms with van der Waals surface area (Å²) in [5, 5.41) is 41.2. The van der Waals surface area contributed by atoms with E-state index >= 15 is 0 Å². The number of aryl methyl sites for hydroxylation is 1. The maximum atomic E-state index is 9.86. The fourth-order valence-corrected chi connectivity index (χ4v) is 2.03. The summed E-state index contributed by atoms with van der Waals surface area (Å²) >= 11 is 0. The number of aliphatic hydroxyl groups is 4. The first-order valence-corrected chi connectivity index (χ1v) is 6.16. The molecule has 6 nitrogen and oxygen atoms in total. The Bertz CT molecular complexity index is 408. The number of rotatable bonds is 3. The summed E-state index contributed by atoms with van der Waals surface area (Å²) in [6.07, 6.45) is -5.77. The van der Waals surface area contributed by atoms with Crippen molar-refractivity contribution in [1.29, 1.82) is 0 Å². The highest BCUT2D eigenvalue weighted by atomic mass is 16.6. The fraction of sp³-hybridized carbons (Fsp3) is 0.538. The molecule has 0 aliphatic carbocycles. The Morgan fingerprint density at radius 2 is 1.68 bits per heavy atom. The minimum atomic E-state index is -1.37. The highest BCUT2D eigenvalue weighted by Crippen LogP contribution is 2.22. The molecule has 19 heavy (non-hydrogen) atoms. The van der Waals surface area contributed by atoms with Crippen molar-refractivity contribution in [2.45, 2.75) is 37.6 Å². The molecular weight excluding hydrogens is 250 g/mol. The zero-order valence-electron chi connectivity index (χ0n) is 10.6. The standard InChI is InChI=1S/C13H19NO5/c1-7-2-4-8(5-3-7)14-13-12(18)11(17)10(16)9(6-15)19-13/h2-5,9-18H,6H2,1H3/t9-,10+,11+,12+,13-/m1/s1. The third-order valence-electron chi connectivity index (χ3n) is 3.25. The lowest BCUT2D eigenvalue weighted by atomic mass is 9.98. The van der Waals surface area contributed by atoms with Gasteiger partial charge in [-0.15, -0.1) is 0 Å². The molecule has 1 aromatic rings. The normalized spacial score (nSPS) is 35.1. The van der Waals surface area contributed by atoms with E-state index in [1.807, 2.05) is 31.2 Å². The lowest BCUT2D eigenvalue weighted by molar-refractivity contribution is -0.221. The monoisotopic (exact) mass is 269 g/mol. The van der Waals surface area contributed by atoms with E-state index in [1.165, 1.54) is 0 Å². The predicted octanol–water partition coefficient (Wildman–Crippen LogP) is -0.793. The van der Waals surface area contributed by atoms with Gasteiger partial charge in [0, 0.05) is 5.69 Å². The highest BCUT2D eigenvalue weighted by molar-refractivity contribution is 5.45. The van der Waals surface area contributed by atoms with E-state index in [1.54, 1.807) is 0 Å². The van der Waals surface area contributed by atoms with Gasteiger partial charge in [-0.2, -0.15) is 0 Å². The molecule has 1 aromatic carbocycles. The van der Waals surface area contributed by atoms with Gasteiger partial charge < -0.3 is 30.5 Å². The molecule has 6 heteroatoms. The molecule has 5 atom stereocenters. The van der Waals surface area contributed by atoms with E-state index in [0.29, 0.717) is 0 Å². The fourth-order valence-electron chi connectivity index (χ4n) is 2.03. The van der Waals surface area contributed by atoms with Crippen molar-refractivity contribution >= 4 is 5.69 Å². The van der Waals surface area contributed by atoms with E-state index in [4.69, 9.17) is 9.84 Å². The number of aliphatic hydroxyl groups excluding tert-OH is 4. The van der Waals surface area contributed by atoms with E-state index in [0.717, 1.165) is 11.3 Å². The van der Waals surface area contributed by atoms with Crippen molar-refractivity contribution in [3.05, 3.63) is 29.8 Å². The van der Waals surface area contributed by atoms with Crippen LogP contribution in [0.25, 0.3) is 0 Å². The maximum Gasteiger partial charge on any atom is 0.157 e. The summed E-state index contributed by atoms with van der Waals surface area (Å²) in [5.74, 6) is 0. The Kier molecular flexibility index (Phi) is 4.38. The number of hydrogen-bond donors (Lipinski definition) is 5. The zero-order valence-corrected chi connectivity index (χ0v) is 10.6. The Hall–Kier alpha value is -1.18. The molecule has 0 aromatic heterocycles. The number of benzene rings is 1. The summed E-state index contributed by atoms with van der Waals surface area (Å²) in [4.78, 5) is 0. The second-order valence-electron chi connectivity index (χ2n) is 4.76. The average Bonchev–Trinajstić information content (AvgIpc) is 2.42. The SMILES string of the molecule is Cc1ccc(N[C@@H]2O[C@H](CO)[C@H](O)[C@H](O)[C@@H]2O)cc1. The summed E-state index contributed by atoms with van der Waals surface area (Å²) in [6, 6.07) is 7.42. The third kappa shape index (κ3) is 3.05. The largest absolute Gasteiger partial charge is 0.394 e. The van der Waals surface area contributed by atoms with Crippen molar-refractivity contribution in [1.82, 2.24) is 0 Å². The molecule has 5 N–H and O–H groups in total. The van der Waals surface area contributed by atoms with Crippen LogP contribution in [0, 0.1) is 6.92 Å². The van der Waals surface area contributed by atoms with Crippen LogP contribution in [0.15, 0.2) is 24.3 Å². The molecular formula is C13H19NO5. The topological polar surface area (TPSA) is 102 Å². The van der Waals surface area contributed by atoms with Crippen LogP contribution >= 0.6 is 0 Å². The van der Waals surface area contributed by atoms with Gasteiger partial charge in [0.25, 0.3) is 0 Å². The molecule has 0 saturated carbocycles. The van der Waals surface area contributed by atoms with Gasteiger partial charge in [0.05, 0.1) is 6.61 Å². The molecule has 2 rings (SSSR count). The lowest BCUT2D eigenvalue weighted by Crippen LogP contribution is -2.60. The second-order valence-corrected chi connectivity index (χ2v) is 4.76. The molecule has 0 amide bonds. The van der Waals surface area contributed by atoms with E-state index in [9.17, 15) is 15.3 Å². The van der Waals surface area contributed by atoms with Gasteiger partial charge in [0.1, 0.15) is 24.4 Å². The average molecular weight is 269 g/mol. The van der Waals surface area contributed by atoms with Crippen LogP contribution in [0.3, 0.4) is 0 Å².